The lowest BCUT2D eigenvalue weighted by molar-refractivity contribution is 0.0603. The second-order valence-electron chi connectivity index (χ2n) is 5.26. The van der Waals surface area contributed by atoms with Crippen LogP contribution in [-0.4, -0.2) is 31.1 Å². The lowest BCUT2D eigenvalue weighted by Crippen LogP contribution is -2.28. The summed E-state index contributed by atoms with van der Waals surface area (Å²) in [6.07, 6.45) is 3.84. The first-order chi connectivity index (χ1) is 9.78. The minimum absolute atomic E-state index is 0.319. The summed E-state index contributed by atoms with van der Waals surface area (Å²) >= 11 is 0. The van der Waals surface area contributed by atoms with Gasteiger partial charge in [0.2, 0.25) is 0 Å². The van der Waals surface area contributed by atoms with Crippen molar-refractivity contribution >= 4 is 16.9 Å². The average Bonchev–Trinajstić information content (AvgIpc) is 2.89. The van der Waals surface area contributed by atoms with Crippen LogP contribution >= 0.6 is 0 Å². The molecule has 0 bridgehead atoms. The van der Waals surface area contributed by atoms with Crippen molar-refractivity contribution in [1.29, 1.82) is 0 Å². The maximum Gasteiger partial charge on any atom is 0.338 e. The molecule has 2 heterocycles. The van der Waals surface area contributed by atoms with E-state index in [1.165, 1.54) is 26.4 Å². The highest BCUT2D eigenvalue weighted by atomic mass is 16.5. The first-order valence-corrected chi connectivity index (χ1v) is 7.10. The number of esters is 1. The van der Waals surface area contributed by atoms with Crippen molar-refractivity contribution < 1.29 is 13.9 Å². The van der Waals surface area contributed by atoms with Gasteiger partial charge in [-0.3, -0.25) is 4.90 Å². The molecule has 0 aliphatic carbocycles. The van der Waals surface area contributed by atoms with Crippen LogP contribution in [0, 0.1) is 0 Å². The van der Waals surface area contributed by atoms with Crippen LogP contribution < -0.4 is 0 Å². The summed E-state index contributed by atoms with van der Waals surface area (Å²) in [6, 6.07) is 7.45. The smallest absolute Gasteiger partial charge is 0.338 e. The quantitative estimate of drug-likeness (QED) is 0.805. The monoisotopic (exact) mass is 273 g/mol. The van der Waals surface area contributed by atoms with E-state index in [0.29, 0.717) is 5.56 Å². The zero-order chi connectivity index (χ0) is 13.9. The maximum atomic E-state index is 11.8. The Bertz CT molecular complexity index is 611. The molecule has 4 heteroatoms. The van der Waals surface area contributed by atoms with Crippen molar-refractivity contribution in [3.8, 4) is 0 Å². The molecule has 20 heavy (non-hydrogen) atoms. The number of methoxy groups -OCH3 is 1. The van der Waals surface area contributed by atoms with E-state index in [1.807, 2.05) is 18.2 Å². The van der Waals surface area contributed by atoms with Gasteiger partial charge >= 0.3 is 5.97 Å². The molecule has 1 saturated heterocycles. The van der Waals surface area contributed by atoms with Gasteiger partial charge in [-0.1, -0.05) is 12.5 Å². The van der Waals surface area contributed by atoms with Crippen LogP contribution in [-0.2, 0) is 11.3 Å². The highest BCUT2D eigenvalue weighted by molar-refractivity contribution is 6.03. The number of carbonyl (C=O) groups excluding carboxylic acids is 1. The molecule has 0 saturated carbocycles. The first kappa shape index (κ1) is 13.2. The minimum Gasteiger partial charge on any atom is -0.465 e. The number of hydrogen-bond acceptors (Lipinski definition) is 4. The Kier molecular flexibility index (Phi) is 3.74. The Labute approximate surface area is 118 Å². The zero-order valence-corrected chi connectivity index (χ0v) is 11.7. The molecule has 1 aliphatic rings. The van der Waals surface area contributed by atoms with E-state index in [1.54, 1.807) is 6.07 Å². The van der Waals surface area contributed by atoms with Crippen molar-refractivity contribution in [3.05, 3.63) is 35.6 Å². The average molecular weight is 273 g/mol. The van der Waals surface area contributed by atoms with E-state index >= 15 is 0 Å². The molecule has 106 valence electrons. The third kappa shape index (κ3) is 2.56. The van der Waals surface area contributed by atoms with E-state index in [-0.39, 0.29) is 5.97 Å². The summed E-state index contributed by atoms with van der Waals surface area (Å²) in [5, 5.41) is 0.839. The number of likely N-dealkylation sites (tertiary alicyclic amines) is 1. The van der Waals surface area contributed by atoms with Gasteiger partial charge in [0.25, 0.3) is 0 Å². The van der Waals surface area contributed by atoms with Gasteiger partial charge in [0.15, 0.2) is 0 Å². The summed E-state index contributed by atoms with van der Waals surface area (Å²) in [5.74, 6) is 0.596. The van der Waals surface area contributed by atoms with Gasteiger partial charge < -0.3 is 9.15 Å². The van der Waals surface area contributed by atoms with Crippen molar-refractivity contribution in [1.82, 2.24) is 4.90 Å². The summed E-state index contributed by atoms with van der Waals surface area (Å²) in [6.45, 7) is 3.07. The molecular weight excluding hydrogens is 254 g/mol. The maximum absolute atomic E-state index is 11.8. The predicted octanol–water partition coefficient (Wildman–Crippen LogP) is 3.21. The zero-order valence-electron chi connectivity index (χ0n) is 11.7. The third-order valence-corrected chi connectivity index (χ3v) is 3.85. The Balaban J connectivity index is 1.88. The molecule has 1 aliphatic heterocycles. The number of furan rings is 1. The highest BCUT2D eigenvalue weighted by Crippen LogP contribution is 2.25. The van der Waals surface area contributed by atoms with Crippen LogP contribution in [0.4, 0.5) is 0 Å². The fourth-order valence-corrected chi connectivity index (χ4v) is 2.82. The molecule has 1 aromatic heterocycles. The predicted molar refractivity (Wildman–Crippen MR) is 76.7 cm³/mol. The molecule has 0 amide bonds. The van der Waals surface area contributed by atoms with Gasteiger partial charge in [-0.05, 0) is 44.1 Å². The van der Waals surface area contributed by atoms with Crippen LogP contribution in [0.25, 0.3) is 11.0 Å². The molecule has 1 aromatic carbocycles. The molecule has 0 unspecified atom stereocenters. The second-order valence-corrected chi connectivity index (χ2v) is 5.26. The van der Waals surface area contributed by atoms with Gasteiger partial charge in [-0.15, -0.1) is 0 Å². The number of fused-ring (bicyclic) bond motifs is 1. The fourth-order valence-electron chi connectivity index (χ4n) is 2.82. The molecule has 0 atom stereocenters. The molecule has 0 N–H and O–H groups in total. The van der Waals surface area contributed by atoms with Crippen molar-refractivity contribution in [2.75, 3.05) is 20.2 Å². The standard InChI is InChI=1S/C16H19NO3/c1-19-16(18)13-6-5-7-15-14(13)10-12(20-15)11-17-8-3-2-4-9-17/h5-7,10H,2-4,8-9,11H2,1H3. The Morgan fingerprint density at radius 2 is 2.10 bits per heavy atom. The number of piperidine rings is 1. The Hall–Kier alpha value is -1.81. The van der Waals surface area contributed by atoms with Crippen LogP contribution in [0.2, 0.25) is 0 Å². The van der Waals surface area contributed by atoms with E-state index in [4.69, 9.17) is 9.15 Å². The molecular formula is C16H19NO3. The van der Waals surface area contributed by atoms with Crippen LogP contribution in [0.3, 0.4) is 0 Å². The number of nitrogens with zero attached hydrogens (tertiary/aromatic N) is 1. The van der Waals surface area contributed by atoms with E-state index < -0.39 is 0 Å². The second kappa shape index (κ2) is 5.67. The van der Waals surface area contributed by atoms with E-state index in [0.717, 1.165) is 36.4 Å². The summed E-state index contributed by atoms with van der Waals surface area (Å²) in [7, 11) is 1.40. The summed E-state index contributed by atoms with van der Waals surface area (Å²) < 4.78 is 10.7. The van der Waals surface area contributed by atoms with Gasteiger partial charge in [-0.25, -0.2) is 4.79 Å². The van der Waals surface area contributed by atoms with Gasteiger partial charge in [0, 0.05) is 5.39 Å². The van der Waals surface area contributed by atoms with E-state index in [2.05, 4.69) is 4.90 Å². The third-order valence-electron chi connectivity index (χ3n) is 3.85. The highest BCUT2D eigenvalue weighted by Gasteiger charge is 2.16. The number of ether oxygens (including phenoxy) is 1. The SMILES string of the molecule is COC(=O)c1cccc2oc(CN3CCCCC3)cc12. The van der Waals surface area contributed by atoms with Crippen LogP contribution in [0.1, 0.15) is 35.4 Å². The van der Waals surface area contributed by atoms with Crippen molar-refractivity contribution in [3.63, 3.8) is 0 Å². The molecule has 3 rings (SSSR count). The Morgan fingerprint density at radius 3 is 2.85 bits per heavy atom. The first-order valence-electron chi connectivity index (χ1n) is 7.10. The molecule has 1 fully saturated rings. The number of rotatable bonds is 3. The minimum atomic E-state index is -0.319. The topological polar surface area (TPSA) is 42.7 Å². The molecule has 4 nitrogen and oxygen atoms in total. The van der Waals surface area contributed by atoms with Crippen LogP contribution in [0.15, 0.2) is 28.7 Å². The number of benzene rings is 1. The molecule has 2 aromatic rings. The van der Waals surface area contributed by atoms with E-state index in [9.17, 15) is 4.79 Å². The molecule has 0 spiro atoms. The largest absolute Gasteiger partial charge is 0.465 e. The molecule has 0 radical (unpaired) electrons. The number of hydrogen-bond donors (Lipinski definition) is 0. The van der Waals surface area contributed by atoms with Gasteiger partial charge in [-0.2, -0.15) is 0 Å². The van der Waals surface area contributed by atoms with Crippen molar-refractivity contribution in [2.24, 2.45) is 0 Å². The number of carbonyl (C=O) groups is 1. The normalized spacial score (nSPS) is 16.4. The summed E-state index contributed by atoms with van der Waals surface area (Å²) in [4.78, 5) is 14.2. The fraction of sp³-hybridized carbons (Fsp3) is 0.438. The Morgan fingerprint density at radius 1 is 1.30 bits per heavy atom. The lowest BCUT2D eigenvalue weighted by Gasteiger charge is -2.25. The van der Waals surface area contributed by atoms with Crippen LogP contribution in [0.5, 0.6) is 0 Å². The lowest BCUT2D eigenvalue weighted by atomic mass is 10.1. The van der Waals surface area contributed by atoms with Gasteiger partial charge in [0.1, 0.15) is 11.3 Å². The summed E-state index contributed by atoms with van der Waals surface area (Å²) in [5.41, 5.74) is 1.32. The van der Waals surface area contributed by atoms with Gasteiger partial charge in [0.05, 0.1) is 19.2 Å². The van der Waals surface area contributed by atoms with Crippen molar-refractivity contribution in [2.45, 2.75) is 25.8 Å².